The van der Waals surface area contributed by atoms with Crippen LogP contribution in [0.4, 0.5) is 5.82 Å². The first kappa shape index (κ1) is 15.9. The van der Waals surface area contributed by atoms with E-state index in [1.807, 2.05) is 61.0 Å². The fourth-order valence-corrected chi connectivity index (χ4v) is 3.54. The van der Waals surface area contributed by atoms with Crippen molar-refractivity contribution in [3.05, 3.63) is 64.8 Å². The van der Waals surface area contributed by atoms with E-state index in [9.17, 15) is 5.11 Å². The summed E-state index contributed by atoms with van der Waals surface area (Å²) in [5.41, 5.74) is 4.85. The molecule has 0 saturated heterocycles. The van der Waals surface area contributed by atoms with Crippen molar-refractivity contribution in [3.63, 3.8) is 0 Å². The molecule has 2 aromatic carbocycles. The van der Waals surface area contributed by atoms with Gasteiger partial charge in [-0.05, 0) is 37.6 Å². The molecule has 0 radical (unpaired) electrons. The number of aryl methyl sites for hydroxylation is 1. The molecule has 5 heteroatoms. The molecule has 1 aliphatic rings. The highest BCUT2D eigenvalue weighted by atomic mass is 35.5. The molecule has 0 amide bonds. The van der Waals surface area contributed by atoms with Gasteiger partial charge in [0.05, 0.1) is 11.7 Å². The lowest BCUT2D eigenvalue weighted by atomic mass is 9.98. The van der Waals surface area contributed by atoms with Gasteiger partial charge in [-0.1, -0.05) is 41.9 Å². The first-order chi connectivity index (χ1) is 12.0. The van der Waals surface area contributed by atoms with Gasteiger partial charge in [0.25, 0.3) is 0 Å². The van der Waals surface area contributed by atoms with Crippen LogP contribution in [-0.2, 0) is 0 Å². The average molecular weight is 352 g/mol. The second-order valence-electron chi connectivity index (χ2n) is 6.36. The predicted octanol–water partition coefficient (Wildman–Crippen LogP) is 5.30. The van der Waals surface area contributed by atoms with Gasteiger partial charge >= 0.3 is 0 Å². The zero-order chi connectivity index (χ0) is 17.6. The zero-order valence-corrected chi connectivity index (χ0v) is 14.8. The van der Waals surface area contributed by atoms with Crippen molar-refractivity contribution in [1.82, 2.24) is 9.78 Å². The molecule has 1 atom stereocenters. The van der Waals surface area contributed by atoms with Crippen LogP contribution in [0, 0.1) is 6.92 Å². The van der Waals surface area contributed by atoms with Gasteiger partial charge in [0.15, 0.2) is 5.82 Å². The maximum atomic E-state index is 10.3. The smallest absolute Gasteiger partial charge is 0.159 e. The van der Waals surface area contributed by atoms with Crippen LogP contribution >= 0.6 is 11.6 Å². The highest BCUT2D eigenvalue weighted by Crippen LogP contribution is 2.42. The molecule has 3 aromatic rings. The summed E-state index contributed by atoms with van der Waals surface area (Å²) in [5.74, 6) is 1.12. The van der Waals surface area contributed by atoms with Gasteiger partial charge in [0, 0.05) is 28.3 Å². The largest absolute Gasteiger partial charge is 0.508 e. The standard InChI is InChI=1S/C20H18ClN3O/c1-12-11-17(16-5-3-4-6-18(16)25)24-20(22-12)19(13(2)23-24)14-7-9-15(21)10-8-14/h3-10,17,25H,11H2,1-2H3/t17-/m1/s1. The van der Waals surface area contributed by atoms with Crippen LogP contribution in [-0.4, -0.2) is 20.6 Å². The molecule has 126 valence electrons. The summed E-state index contributed by atoms with van der Waals surface area (Å²) in [6.45, 7) is 4.01. The van der Waals surface area contributed by atoms with Crippen LogP contribution in [0.3, 0.4) is 0 Å². The van der Waals surface area contributed by atoms with E-state index in [-0.39, 0.29) is 11.8 Å². The molecular formula is C20H18ClN3O. The minimum absolute atomic E-state index is 0.0616. The van der Waals surface area contributed by atoms with Crippen molar-refractivity contribution < 1.29 is 5.11 Å². The monoisotopic (exact) mass is 351 g/mol. The third kappa shape index (κ3) is 2.72. The molecule has 1 aromatic heterocycles. The number of benzene rings is 2. The Labute approximate surface area is 151 Å². The van der Waals surface area contributed by atoms with Crippen molar-refractivity contribution in [3.8, 4) is 16.9 Å². The van der Waals surface area contributed by atoms with E-state index in [1.54, 1.807) is 6.07 Å². The number of halogens is 1. The van der Waals surface area contributed by atoms with E-state index in [4.69, 9.17) is 21.7 Å². The second kappa shape index (κ2) is 6.05. The Morgan fingerprint density at radius 3 is 2.52 bits per heavy atom. The molecule has 0 spiro atoms. The van der Waals surface area contributed by atoms with Crippen LogP contribution in [0.2, 0.25) is 5.02 Å². The minimum Gasteiger partial charge on any atom is -0.508 e. The van der Waals surface area contributed by atoms with Crippen molar-refractivity contribution >= 4 is 23.1 Å². The Morgan fingerprint density at radius 1 is 1.08 bits per heavy atom. The number of rotatable bonds is 2. The number of fused-ring (bicyclic) bond motifs is 1. The maximum absolute atomic E-state index is 10.3. The number of hydrogen-bond acceptors (Lipinski definition) is 3. The molecular weight excluding hydrogens is 334 g/mol. The molecule has 0 fully saturated rings. The van der Waals surface area contributed by atoms with E-state index >= 15 is 0 Å². The molecule has 0 unspecified atom stereocenters. The summed E-state index contributed by atoms with van der Waals surface area (Å²) < 4.78 is 1.93. The maximum Gasteiger partial charge on any atom is 0.159 e. The molecule has 1 aliphatic heterocycles. The van der Waals surface area contributed by atoms with E-state index in [2.05, 4.69) is 0 Å². The van der Waals surface area contributed by atoms with Crippen LogP contribution in [0.15, 0.2) is 53.5 Å². The summed E-state index contributed by atoms with van der Waals surface area (Å²) in [6, 6.07) is 15.1. The number of aromatic hydroxyl groups is 1. The number of nitrogens with zero attached hydrogens (tertiary/aromatic N) is 3. The molecule has 25 heavy (non-hydrogen) atoms. The Balaban J connectivity index is 1.90. The van der Waals surface area contributed by atoms with Crippen LogP contribution in [0.1, 0.15) is 30.6 Å². The van der Waals surface area contributed by atoms with Gasteiger partial charge in [-0.2, -0.15) is 5.10 Å². The summed E-state index contributed by atoms with van der Waals surface area (Å²) >= 11 is 6.02. The van der Waals surface area contributed by atoms with E-state index in [0.717, 1.165) is 40.3 Å². The molecule has 0 bridgehead atoms. The summed E-state index contributed by atoms with van der Waals surface area (Å²) in [7, 11) is 0. The molecule has 2 heterocycles. The Morgan fingerprint density at radius 2 is 1.80 bits per heavy atom. The van der Waals surface area contributed by atoms with Crippen molar-refractivity contribution in [1.29, 1.82) is 0 Å². The quantitative estimate of drug-likeness (QED) is 0.680. The summed E-state index contributed by atoms with van der Waals surface area (Å²) in [5, 5.41) is 15.8. The topological polar surface area (TPSA) is 50.4 Å². The third-order valence-electron chi connectivity index (χ3n) is 4.57. The third-order valence-corrected chi connectivity index (χ3v) is 4.82. The zero-order valence-electron chi connectivity index (χ0n) is 14.1. The van der Waals surface area contributed by atoms with Crippen molar-refractivity contribution in [2.45, 2.75) is 26.3 Å². The van der Waals surface area contributed by atoms with Gasteiger partial charge in [-0.15, -0.1) is 0 Å². The van der Waals surface area contributed by atoms with Gasteiger partial charge in [0.2, 0.25) is 0 Å². The lowest BCUT2D eigenvalue weighted by Crippen LogP contribution is -2.19. The number of aromatic nitrogens is 2. The SMILES string of the molecule is CC1=Nc2c(-c3ccc(Cl)cc3)c(C)nn2[C@@H](c2ccccc2O)C1. The van der Waals surface area contributed by atoms with Crippen molar-refractivity contribution in [2.75, 3.05) is 0 Å². The Kier molecular flexibility index (Phi) is 3.85. The van der Waals surface area contributed by atoms with Gasteiger partial charge in [-0.3, -0.25) is 0 Å². The number of para-hydroxylation sites is 1. The molecule has 1 N–H and O–H groups in total. The van der Waals surface area contributed by atoms with E-state index in [1.165, 1.54) is 0 Å². The normalized spacial score (nSPS) is 16.4. The van der Waals surface area contributed by atoms with Crippen LogP contribution in [0.5, 0.6) is 5.75 Å². The second-order valence-corrected chi connectivity index (χ2v) is 6.80. The summed E-state index contributed by atoms with van der Waals surface area (Å²) in [6.07, 6.45) is 0.728. The van der Waals surface area contributed by atoms with Gasteiger partial charge in [-0.25, -0.2) is 9.67 Å². The highest BCUT2D eigenvalue weighted by Gasteiger charge is 2.29. The highest BCUT2D eigenvalue weighted by molar-refractivity contribution is 6.30. The number of hydrogen-bond donors (Lipinski definition) is 1. The van der Waals surface area contributed by atoms with Crippen LogP contribution in [0.25, 0.3) is 11.1 Å². The number of phenolic OH excluding ortho intramolecular Hbond substituents is 1. The summed E-state index contributed by atoms with van der Waals surface area (Å²) in [4.78, 5) is 4.77. The average Bonchev–Trinajstić information content (AvgIpc) is 2.91. The van der Waals surface area contributed by atoms with Crippen molar-refractivity contribution in [2.24, 2.45) is 4.99 Å². The molecule has 0 aliphatic carbocycles. The molecule has 4 nitrogen and oxygen atoms in total. The Hall–Kier alpha value is -2.59. The molecule has 0 saturated carbocycles. The van der Waals surface area contributed by atoms with E-state index < -0.39 is 0 Å². The number of aliphatic imine (C=N–C) groups is 1. The lowest BCUT2D eigenvalue weighted by molar-refractivity contribution is 0.443. The predicted molar refractivity (Wildman–Crippen MR) is 101 cm³/mol. The lowest BCUT2D eigenvalue weighted by Gasteiger charge is -2.24. The fraction of sp³-hybridized carbons (Fsp3) is 0.200. The van der Waals surface area contributed by atoms with Crippen LogP contribution < -0.4 is 0 Å². The minimum atomic E-state index is -0.0616. The first-order valence-corrected chi connectivity index (χ1v) is 8.59. The van der Waals surface area contributed by atoms with Gasteiger partial charge < -0.3 is 5.11 Å². The van der Waals surface area contributed by atoms with Gasteiger partial charge in [0.1, 0.15) is 5.75 Å². The Bertz CT molecular complexity index is 973. The fourth-order valence-electron chi connectivity index (χ4n) is 3.42. The molecule has 4 rings (SSSR count). The first-order valence-electron chi connectivity index (χ1n) is 8.21. The van der Waals surface area contributed by atoms with E-state index in [0.29, 0.717) is 5.02 Å². The number of phenols is 1.